The first-order valence-electron chi connectivity index (χ1n) is 14.9. The Morgan fingerprint density at radius 2 is 0.739 bits per heavy atom. The molecule has 6 aromatic rings. The number of carboxylic acid groups (broad SMARTS) is 2. The van der Waals surface area contributed by atoms with Crippen LogP contribution in [0.15, 0.2) is 146 Å². The molecule has 0 atom stereocenters. The Bertz CT molecular complexity index is 1890. The van der Waals surface area contributed by atoms with Crippen molar-refractivity contribution < 1.29 is 19.8 Å². The molecule has 0 fully saturated rings. The molecule has 0 radical (unpaired) electrons. The Kier molecular flexibility index (Phi) is 8.35. The summed E-state index contributed by atoms with van der Waals surface area (Å²) in [5, 5.41) is 19.2. The second kappa shape index (κ2) is 12.8. The average molecular weight is 605 g/mol. The van der Waals surface area contributed by atoms with E-state index in [0.29, 0.717) is 0 Å². The summed E-state index contributed by atoms with van der Waals surface area (Å²) >= 11 is 0. The van der Waals surface area contributed by atoms with Gasteiger partial charge in [-0.05, 0) is 121 Å². The van der Waals surface area contributed by atoms with Crippen molar-refractivity contribution in [2.75, 3.05) is 9.80 Å². The van der Waals surface area contributed by atoms with Crippen molar-refractivity contribution in [3.63, 3.8) is 0 Å². The fraction of sp³-hybridized carbons (Fsp3) is 0.0500. The molecule has 0 saturated carbocycles. The van der Waals surface area contributed by atoms with Crippen LogP contribution in [-0.4, -0.2) is 22.2 Å². The minimum Gasteiger partial charge on any atom is -0.478 e. The highest BCUT2D eigenvalue weighted by atomic mass is 16.4. The smallest absolute Gasteiger partial charge is 0.335 e. The molecule has 0 aliphatic rings. The summed E-state index contributed by atoms with van der Waals surface area (Å²) in [7, 11) is 0. The van der Waals surface area contributed by atoms with E-state index >= 15 is 0 Å². The van der Waals surface area contributed by atoms with E-state index in [1.807, 2.05) is 86.6 Å². The van der Waals surface area contributed by atoms with Gasteiger partial charge in [0.25, 0.3) is 0 Å². The number of carboxylic acids is 2. The third-order valence-corrected chi connectivity index (χ3v) is 7.81. The Labute approximate surface area is 268 Å². The molecule has 0 bridgehead atoms. The van der Waals surface area contributed by atoms with Gasteiger partial charge >= 0.3 is 11.9 Å². The maximum atomic E-state index is 11.7. The molecule has 0 spiro atoms. The summed E-state index contributed by atoms with van der Waals surface area (Å²) in [5.74, 6) is -1.94. The molecule has 6 nitrogen and oxygen atoms in total. The summed E-state index contributed by atoms with van der Waals surface area (Å²) in [5.41, 5.74) is 9.87. The molecule has 0 amide bonds. The molecular formula is C40H32N2O4. The number of aryl methyl sites for hydroxylation is 2. The lowest BCUT2D eigenvalue weighted by atomic mass is 10.0. The Balaban J connectivity index is 1.35. The topological polar surface area (TPSA) is 81.1 Å². The van der Waals surface area contributed by atoms with Crippen LogP contribution in [0.4, 0.5) is 34.1 Å². The first kappa shape index (κ1) is 29.9. The zero-order valence-corrected chi connectivity index (χ0v) is 25.5. The maximum Gasteiger partial charge on any atom is 0.335 e. The fourth-order valence-electron chi connectivity index (χ4n) is 5.59. The predicted molar refractivity (Wildman–Crippen MR) is 185 cm³/mol. The maximum absolute atomic E-state index is 11.7. The second-order valence-electron chi connectivity index (χ2n) is 11.2. The molecule has 6 rings (SSSR count). The quantitative estimate of drug-likeness (QED) is 0.171. The standard InChI is InChI=1S/C40H32N2O4/c1-27-7-3-11-35(23-27)41(37-13-5-9-31(25-37)39(43)44)33-19-15-29(16-20-33)30-17-21-34(22-18-30)42(36-12-4-8-28(2)24-36)38-14-6-10-32(26-38)40(45)46/h3-26H,1-2H3,(H,43,44)(H,45,46). The van der Waals surface area contributed by atoms with Gasteiger partial charge in [-0.2, -0.15) is 0 Å². The first-order valence-corrected chi connectivity index (χ1v) is 14.9. The lowest BCUT2D eigenvalue weighted by molar-refractivity contribution is 0.0686. The number of benzene rings is 6. The molecule has 2 N–H and O–H groups in total. The van der Waals surface area contributed by atoms with Gasteiger partial charge in [-0.1, -0.05) is 60.7 Å². The van der Waals surface area contributed by atoms with E-state index in [4.69, 9.17) is 0 Å². The number of hydrogen-bond donors (Lipinski definition) is 2. The minimum absolute atomic E-state index is 0.223. The van der Waals surface area contributed by atoms with Crippen molar-refractivity contribution in [1.29, 1.82) is 0 Å². The zero-order valence-electron chi connectivity index (χ0n) is 25.5. The van der Waals surface area contributed by atoms with E-state index in [-0.39, 0.29) is 11.1 Å². The van der Waals surface area contributed by atoms with Crippen molar-refractivity contribution in [1.82, 2.24) is 0 Å². The summed E-state index contributed by atoms with van der Waals surface area (Å²) < 4.78 is 0. The second-order valence-corrected chi connectivity index (χ2v) is 11.2. The highest BCUT2D eigenvalue weighted by Crippen LogP contribution is 2.38. The fourth-order valence-corrected chi connectivity index (χ4v) is 5.59. The highest BCUT2D eigenvalue weighted by molar-refractivity contribution is 5.91. The minimum atomic E-state index is -0.972. The molecule has 46 heavy (non-hydrogen) atoms. The van der Waals surface area contributed by atoms with E-state index in [1.54, 1.807) is 36.4 Å². The van der Waals surface area contributed by atoms with Crippen LogP contribution in [0.25, 0.3) is 11.1 Å². The molecule has 0 heterocycles. The SMILES string of the molecule is Cc1cccc(N(c2ccc(-c3ccc(N(c4cccc(C)c4)c4cccc(C(=O)O)c4)cc3)cc2)c2cccc(C(=O)O)c2)c1. The molecule has 6 heteroatoms. The first-order chi connectivity index (χ1) is 22.3. The van der Waals surface area contributed by atoms with E-state index in [0.717, 1.165) is 56.4 Å². The molecule has 226 valence electrons. The number of rotatable bonds is 9. The van der Waals surface area contributed by atoms with Crippen molar-refractivity contribution in [2.24, 2.45) is 0 Å². The highest BCUT2D eigenvalue weighted by Gasteiger charge is 2.17. The molecular weight excluding hydrogens is 572 g/mol. The van der Waals surface area contributed by atoms with E-state index in [9.17, 15) is 19.8 Å². The van der Waals surface area contributed by atoms with Gasteiger partial charge in [0.15, 0.2) is 0 Å². The number of anilines is 6. The molecule has 6 aromatic carbocycles. The zero-order chi connectivity index (χ0) is 32.2. The molecule has 0 saturated heterocycles. The van der Waals surface area contributed by atoms with Gasteiger partial charge in [0.1, 0.15) is 0 Å². The largest absolute Gasteiger partial charge is 0.478 e. The van der Waals surface area contributed by atoms with Gasteiger partial charge in [-0.25, -0.2) is 9.59 Å². The van der Waals surface area contributed by atoms with Gasteiger partial charge in [-0.3, -0.25) is 0 Å². The third kappa shape index (κ3) is 6.37. The normalized spacial score (nSPS) is 10.7. The van der Waals surface area contributed by atoms with E-state index in [2.05, 4.69) is 46.2 Å². The number of hydrogen-bond acceptors (Lipinski definition) is 4. The molecule has 0 aliphatic heterocycles. The van der Waals surface area contributed by atoms with E-state index < -0.39 is 11.9 Å². The van der Waals surface area contributed by atoms with Crippen LogP contribution < -0.4 is 9.80 Å². The van der Waals surface area contributed by atoms with Crippen molar-refractivity contribution >= 4 is 46.1 Å². The van der Waals surface area contributed by atoms with Crippen LogP contribution in [0.2, 0.25) is 0 Å². The third-order valence-electron chi connectivity index (χ3n) is 7.81. The molecule has 0 aliphatic carbocycles. The summed E-state index contributed by atoms with van der Waals surface area (Å²) in [4.78, 5) is 27.6. The number of nitrogens with zero attached hydrogens (tertiary/aromatic N) is 2. The summed E-state index contributed by atoms with van der Waals surface area (Å²) in [6.07, 6.45) is 0. The predicted octanol–water partition coefficient (Wildman–Crippen LogP) is 10.3. The van der Waals surface area contributed by atoms with Gasteiger partial charge in [-0.15, -0.1) is 0 Å². The van der Waals surface area contributed by atoms with Gasteiger partial charge < -0.3 is 20.0 Å². The summed E-state index contributed by atoms with van der Waals surface area (Å²) in [6, 6.07) is 46.5. The van der Waals surface area contributed by atoms with Gasteiger partial charge in [0.2, 0.25) is 0 Å². The molecule has 0 aromatic heterocycles. The number of aromatic carboxylic acids is 2. The Hall–Kier alpha value is -6.14. The van der Waals surface area contributed by atoms with Crippen molar-refractivity contribution in [3.05, 3.63) is 168 Å². The van der Waals surface area contributed by atoms with Gasteiger partial charge in [0.05, 0.1) is 11.1 Å². The van der Waals surface area contributed by atoms with Crippen LogP contribution in [0.5, 0.6) is 0 Å². The average Bonchev–Trinajstić information content (AvgIpc) is 3.06. The van der Waals surface area contributed by atoms with Crippen LogP contribution in [0.1, 0.15) is 31.8 Å². The van der Waals surface area contributed by atoms with E-state index in [1.165, 1.54) is 0 Å². The van der Waals surface area contributed by atoms with Crippen molar-refractivity contribution in [2.45, 2.75) is 13.8 Å². The van der Waals surface area contributed by atoms with Crippen LogP contribution in [0.3, 0.4) is 0 Å². The van der Waals surface area contributed by atoms with Crippen LogP contribution >= 0.6 is 0 Å². The molecule has 0 unspecified atom stereocenters. The van der Waals surface area contributed by atoms with Crippen LogP contribution in [0, 0.1) is 13.8 Å². The Morgan fingerprint density at radius 1 is 0.413 bits per heavy atom. The van der Waals surface area contributed by atoms with Crippen LogP contribution in [-0.2, 0) is 0 Å². The Morgan fingerprint density at radius 3 is 1.07 bits per heavy atom. The monoisotopic (exact) mass is 604 g/mol. The van der Waals surface area contributed by atoms with Crippen molar-refractivity contribution in [3.8, 4) is 11.1 Å². The lowest BCUT2D eigenvalue weighted by Gasteiger charge is -2.27. The van der Waals surface area contributed by atoms with Gasteiger partial charge in [0, 0.05) is 34.1 Å². The summed E-state index contributed by atoms with van der Waals surface area (Å²) in [6.45, 7) is 4.07. The lowest BCUT2D eigenvalue weighted by Crippen LogP contribution is -2.11. The number of carbonyl (C=O) groups is 2.